The maximum atomic E-state index is 13.5. The maximum Gasteiger partial charge on any atom is 0.259 e. The van der Waals surface area contributed by atoms with Gasteiger partial charge in [0.05, 0.1) is 0 Å². The monoisotopic (exact) mass is 282 g/mol. The molecule has 20 heavy (non-hydrogen) atoms. The predicted molar refractivity (Wildman–Crippen MR) is 77.1 cm³/mol. The number of nitrogens with zero attached hydrogens (tertiary/aromatic N) is 1. The summed E-state index contributed by atoms with van der Waals surface area (Å²) in [6.07, 6.45) is 0. The highest BCUT2D eigenvalue weighted by atomic mass is 19.1. The van der Waals surface area contributed by atoms with Crippen LogP contribution in [0.2, 0.25) is 0 Å². The number of rotatable bonds is 7. The van der Waals surface area contributed by atoms with E-state index in [0.29, 0.717) is 18.2 Å². The number of benzene rings is 1. The Bertz CT molecular complexity index is 447. The molecule has 4 nitrogen and oxygen atoms in total. The van der Waals surface area contributed by atoms with Gasteiger partial charge in [-0.05, 0) is 30.2 Å². The number of carbonyl (C=O) groups is 1. The molecule has 1 aromatic rings. The SMILES string of the molecule is CC(C)CNCc1cc(F)cc(OCC(=O)N(C)C)c1. The summed E-state index contributed by atoms with van der Waals surface area (Å²) < 4.78 is 18.8. The zero-order valence-electron chi connectivity index (χ0n) is 12.6. The first-order valence-electron chi connectivity index (χ1n) is 6.71. The molecule has 0 unspecified atom stereocenters. The van der Waals surface area contributed by atoms with Crippen molar-refractivity contribution in [1.82, 2.24) is 10.2 Å². The Morgan fingerprint density at radius 1 is 1.35 bits per heavy atom. The van der Waals surface area contributed by atoms with Crippen LogP contribution in [-0.4, -0.2) is 38.1 Å². The molecule has 1 rings (SSSR count). The van der Waals surface area contributed by atoms with Crippen molar-refractivity contribution in [2.75, 3.05) is 27.2 Å². The van der Waals surface area contributed by atoms with Crippen molar-refractivity contribution in [3.8, 4) is 5.75 Å². The Labute approximate surface area is 119 Å². The molecule has 0 bridgehead atoms. The predicted octanol–water partition coefficient (Wildman–Crippen LogP) is 2.04. The molecule has 1 aromatic carbocycles. The van der Waals surface area contributed by atoms with Crippen LogP contribution < -0.4 is 10.1 Å². The zero-order valence-corrected chi connectivity index (χ0v) is 12.6. The van der Waals surface area contributed by atoms with Crippen LogP contribution in [0, 0.1) is 11.7 Å². The third kappa shape index (κ3) is 6.02. The normalized spacial score (nSPS) is 10.7. The van der Waals surface area contributed by atoms with Crippen LogP contribution in [0.4, 0.5) is 4.39 Å². The van der Waals surface area contributed by atoms with Crippen LogP contribution in [0.15, 0.2) is 18.2 Å². The number of ether oxygens (including phenoxy) is 1. The lowest BCUT2D eigenvalue weighted by atomic mass is 10.2. The summed E-state index contributed by atoms with van der Waals surface area (Å²) in [4.78, 5) is 12.9. The summed E-state index contributed by atoms with van der Waals surface area (Å²) in [6, 6.07) is 4.50. The lowest BCUT2D eigenvalue weighted by molar-refractivity contribution is -0.130. The van der Waals surface area contributed by atoms with Gasteiger partial charge in [-0.15, -0.1) is 0 Å². The van der Waals surface area contributed by atoms with Gasteiger partial charge in [0.2, 0.25) is 0 Å². The second-order valence-electron chi connectivity index (χ2n) is 5.40. The molecule has 0 fully saturated rings. The highest BCUT2D eigenvalue weighted by Gasteiger charge is 2.07. The third-order valence-electron chi connectivity index (χ3n) is 2.67. The number of halogens is 1. The van der Waals surface area contributed by atoms with Crippen LogP contribution in [0.25, 0.3) is 0 Å². The van der Waals surface area contributed by atoms with Crippen LogP contribution in [0.3, 0.4) is 0 Å². The molecular formula is C15H23FN2O2. The first-order chi connectivity index (χ1) is 9.38. The topological polar surface area (TPSA) is 41.6 Å². The van der Waals surface area contributed by atoms with E-state index in [9.17, 15) is 9.18 Å². The van der Waals surface area contributed by atoms with Gasteiger partial charge in [0, 0.05) is 26.7 Å². The molecule has 0 aromatic heterocycles. The standard InChI is InChI=1S/C15H23FN2O2/c1-11(2)8-17-9-12-5-13(16)7-14(6-12)20-10-15(19)18(3)4/h5-7,11,17H,8-10H2,1-4H3. The van der Waals surface area contributed by atoms with E-state index in [1.165, 1.54) is 17.0 Å². The molecular weight excluding hydrogens is 259 g/mol. The first-order valence-corrected chi connectivity index (χ1v) is 6.71. The van der Waals surface area contributed by atoms with Gasteiger partial charge in [0.25, 0.3) is 5.91 Å². The fourth-order valence-electron chi connectivity index (χ4n) is 1.59. The fraction of sp³-hybridized carbons (Fsp3) is 0.533. The van der Waals surface area contributed by atoms with Crippen LogP contribution in [-0.2, 0) is 11.3 Å². The minimum atomic E-state index is -0.360. The summed E-state index contributed by atoms with van der Waals surface area (Å²) in [7, 11) is 3.30. The summed E-state index contributed by atoms with van der Waals surface area (Å²) in [5.74, 6) is 0.397. The van der Waals surface area contributed by atoms with Crippen molar-refractivity contribution < 1.29 is 13.9 Å². The van der Waals surface area contributed by atoms with E-state index >= 15 is 0 Å². The van der Waals surface area contributed by atoms with E-state index in [-0.39, 0.29) is 18.3 Å². The van der Waals surface area contributed by atoms with Crippen LogP contribution in [0.5, 0.6) is 5.75 Å². The van der Waals surface area contributed by atoms with Gasteiger partial charge in [-0.2, -0.15) is 0 Å². The average Bonchev–Trinajstić information content (AvgIpc) is 2.34. The Kier molecular flexibility index (Phi) is 6.45. The van der Waals surface area contributed by atoms with Crippen molar-refractivity contribution in [2.24, 2.45) is 5.92 Å². The number of hydrogen-bond acceptors (Lipinski definition) is 3. The second-order valence-corrected chi connectivity index (χ2v) is 5.40. The van der Waals surface area contributed by atoms with E-state index < -0.39 is 0 Å². The first kappa shape index (κ1) is 16.4. The van der Waals surface area contributed by atoms with Crippen molar-refractivity contribution in [3.63, 3.8) is 0 Å². The summed E-state index contributed by atoms with van der Waals surface area (Å²) >= 11 is 0. The largest absolute Gasteiger partial charge is 0.484 e. The summed E-state index contributed by atoms with van der Waals surface area (Å²) in [6.45, 7) is 5.58. The van der Waals surface area contributed by atoms with Gasteiger partial charge in [-0.25, -0.2) is 4.39 Å². The number of likely N-dealkylation sites (N-methyl/N-ethyl adjacent to an activating group) is 1. The Hall–Kier alpha value is -1.62. The quantitative estimate of drug-likeness (QED) is 0.832. The van der Waals surface area contributed by atoms with Gasteiger partial charge in [-0.3, -0.25) is 4.79 Å². The smallest absolute Gasteiger partial charge is 0.259 e. The summed E-state index contributed by atoms with van der Waals surface area (Å²) in [5, 5.41) is 3.24. The molecule has 0 heterocycles. The molecule has 0 saturated carbocycles. The van der Waals surface area contributed by atoms with E-state index in [1.807, 2.05) is 0 Å². The van der Waals surface area contributed by atoms with Crippen molar-refractivity contribution in [1.29, 1.82) is 0 Å². The Morgan fingerprint density at radius 2 is 2.05 bits per heavy atom. The van der Waals surface area contributed by atoms with E-state index in [0.717, 1.165) is 12.1 Å². The molecule has 0 aliphatic rings. The van der Waals surface area contributed by atoms with Gasteiger partial charge in [0.15, 0.2) is 6.61 Å². The molecule has 0 saturated heterocycles. The minimum Gasteiger partial charge on any atom is -0.484 e. The molecule has 112 valence electrons. The highest BCUT2D eigenvalue weighted by molar-refractivity contribution is 5.77. The molecule has 0 aliphatic carbocycles. The Morgan fingerprint density at radius 3 is 2.65 bits per heavy atom. The molecule has 0 spiro atoms. The number of carbonyl (C=O) groups excluding carboxylic acids is 1. The number of hydrogen-bond donors (Lipinski definition) is 1. The van der Waals surface area contributed by atoms with Crippen molar-refractivity contribution in [2.45, 2.75) is 20.4 Å². The second kappa shape index (κ2) is 7.85. The summed E-state index contributed by atoms with van der Waals surface area (Å²) in [5.41, 5.74) is 0.804. The van der Waals surface area contributed by atoms with Gasteiger partial charge in [-0.1, -0.05) is 13.8 Å². The minimum absolute atomic E-state index is 0.0880. The van der Waals surface area contributed by atoms with E-state index in [1.54, 1.807) is 20.2 Å². The van der Waals surface area contributed by atoms with Crippen molar-refractivity contribution in [3.05, 3.63) is 29.6 Å². The van der Waals surface area contributed by atoms with Crippen LogP contribution >= 0.6 is 0 Å². The average molecular weight is 282 g/mol. The molecule has 1 amide bonds. The fourth-order valence-corrected chi connectivity index (χ4v) is 1.59. The van der Waals surface area contributed by atoms with Gasteiger partial charge >= 0.3 is 0 Å². The third-order valence-corrected chi connectivity index (χ3v) is 2.67. The molecule has 0 aliphatic heterocycles. The maximum absolute atomic E-state index is 13.5. The lowest BCUT2D eigenvalue weighted by Crippen LogP contribution is -2.27. The number of nitrogens with one attached hydrogen (secondary N) is 1. The molecule has 1 N–H and O–H groups in total. The molecule has 5 heteroatoms. The number of amides is 1. The molecule has 0 atom stereocenters. The van der Waals surface area contributed by atoms with Crippen LogP contribution in [0.1, 0.15) is 19.4 Å². The zero-order chi connectivity index (χ0) is 15.1. The van der Waals surface area contributed by atoms with E-state index in [2.05, 4.69) is 19.2 Å². The highest BCUT2D eigenvalue weighted by Crippen LogP contribution is 2.16. The van der Waals surface area contributed by atoms with Gasteiger partial charge in [0.1, 0.15) is 11.6 Å². The Balaban J connectivity index is 2.59. The van der Waals surface area contributed by atoms with E-state index in [4.69, 9.17) is 4.74 Å². The molecule has 0 radical (unpaired) electrons. The lowest BCUT2D eigenvalue weighted by Gasteiger charge is -2.13. The van der Waals surface area contributed by atoms with Crippen molar-refractivity contribution >= 4 is 5.91 Å². The van der Waals surface area contributed by atoms with Gasteiger partial charge < -0.3 is 15.0 Å².